The van der Waals surface area contributed by atoms with E-state index in [0.717, 1.165) is 68.1 Å². The van der Waals surface area contributed by atoms with E-state index in [1.54, 1.807) is 7.11 Å². The van der Waals surface area contributed by atoms with E-state index in [-0.39, 0.29) is 6.10 Å². The number of nitrogens with zero attached hydrogens (tertiary/aromatic N) is 2. The van der Waals surface area contributed by atoms with Crippen LogP contribution in [0.1, 0.15) is 68.6 Å². The third kappa shape index (κ3) is 10.5. The van der Waals surface area contributed by atoms with Crippen molar-refractivity contribution >= 4 is 17.3 Å². The molecule has 3 aromatic rings. The molecule has 6 heteroatoms. The van der Waals surface area contributed by atoms with Crippen molar-refractivity contribution in [1.82, 2.24) is 4.90 Å². The van der Waals surface area contributed by atoms with E-state index in [9.17, 15) is 0 Å². The molecule has 1 atom stereocenters. The molecule has 1 aliphatic rings. The number of halogens is 1. The van der Waals surface area contributed by atoms with Crippen LogP contribution < -0.4 is 4.74 Å². The highest BCUT2D eigenvalue weighted by Gasteiger charge is 2.23. The number of rotatable bonds is 16. The third-order valence-corrected chi connectivity index (χ3v) is 8.02. The number of ether oxygens (including phenoxy) is 2. The first-order chi connectivity index (χ1) is 20.1. The maximum atomic E-state index is 6.44. The van der Waals surface area contributed by atoms with Crippen LogP contribution in [0.2, 0.25) is 5.02 Å². The van der Waals surface area contributed by atoms with Crippen LogP contribution in [0.15, 0.2) is 84.0 Å². The van der Waals surface area contributed by atoms with Crippen LogP contribution >= 0.6 is 11.6 Å². The van der Waals surface area contributed by atoms with Gasteiger partial charge in [0.1, 0.15) is 18.6 Å². The van der Waals surface area contributed by atoms with Gasteiger partial charge < -0.3 is 19.2 Å². The highest BCUT2D eigenvalue weighted by molar-refractivity contribution is 6.30. The summed E-state index contributed by atoms with van der Waals surface area (Å²) in [4.78, 5) is 7.74. The van der Waals surface area contributed by atoms with Crippen molar-refractivity contribution in [3.05, 3.63) is 101 Å². The number of likely N-dealkylation sites (tertiary alicyclic amines) is 1. The van der Waals surface area contributed by atoms with Crippen molar-refractivity contribution in [3.63, 3.8) is 0 Å². The number of unbranched alkanes of at least 4 members (excludes halogenated alkanes) is 3. The van der Waals surface area contributed by atoms with Crippen LogP contribution in [0.4, 0.5) is 0 Å². The van der Waals surface area contributed by atoms with Gasteiger partial charge in [-0.1, -0.05) is 104 Å². The molecule has 4 rings (SSSR count). The predicted molar refractivity (Wildman–Crippen MR) is 169 cm³/mol. The molecule has 1 aliphatic heterocycles. The number of oxime groups is 1. The summed E-state index contributed by atoms with van der Waals surface area (Å²) in [6, 6.07) is 26.2. The molecular formula is C35H45ClN2O3. The minimum atomic E-state index is 0.284. The first-order valence-corrected chi connectivity index (χ1v) is 15.5. The largest absolute Gasteiger partial charge is 0.493 e. The predicted octanol–water partition coefficient (Wildman–Crippen LogP) is 8.39. The van der Waals surface area contributed by atoms with Crippen molar-refractivity contribution in [1.29, 1.82) is 0 Å². The van der Waals surface area contributed by atoms with Crippen molar-refractivity contribution in [2.24, 2.45) is 11.1 Å². The molecule has 1 saturated heterocycles. The lowest BCUT2D eigenvalue weighted by atomic mass is 9.97. The second-order valence-corrected chi connectivity index (χ2v) is 11.4. The molecule has 1 heterocycles. The number of hydrogen-bond acceptors (Lipinski definition) is 5. The Balaban J connectivity index is 1.26. The Morgan fingerprint density at radius 2 is 1.71 bits per heavy atom. The molecule has 0 bridgehead atoms. The highest BCUT2D eigenvalue weighted by Crippen LogP contribution is 2.23. The smallest absolute Gasteiger partial charge is 0.119 e. The molecule has 1 fully saturated rings. The van der Waals surface area contributed by atoms with Gasteiger partial charge >= 0.3 is 0 Å². The molecule has 0 radical (unpaired) electrons. The standard InChI is InChI=1S/C35H45ClN2O3/c1-3-4-5-9-14-34(41-26-28-11-7-6-8-12-28)25-38-22-20-29(21-23-38)27-40-33-15-10-13-31(24-33)35(37-39-2)30-16-18-32(36)19-17-30/h6-8,10-13,15-19,24,29,34H,3-5,9,14,20-23,25-27H2,1-2H3/b37-35+/t34-/m0/s1. The zero-order chi connectivity index (χ0) is 28.7. The van der Waals surface area contributed by atoms with Crippen molar-refractivity contribution < 1.29 is 14.3 Å². The second kappa shape index (κ2) is 17.2. The van der Waals surface area contributed by atoms with Crippen LogP contribution in [-0.2, 0) is 16.2 Å². The summed E-state index contributed by atoms with van der Waals surface area (Å²) < 4.78 is 12.7. The summed E-state index contributed by atoms with van der Waals surface area (Å²) in [7, 11) is 1.56. The van der Waals surface area contributed by atoms with Crippen molar-refractivity contribution in [2.75, 3.05) is 33.4 Å². The van der Waals surface area contributed by atoms with Crippen LogP contribution in [0.5, 0.6) is 5.75 Å². The van der Waals surface area contributed by atoms with Crippen LogP contribution in [0.25, 0.3) is 0 Å². The Morgan fingerprint density at radius 3 is 2.44 bits per heavy atom. The summed E-state index contributed by atoms with van der Waals surface area (Å²) in [6.45, 7) is 6.88. The molecule has 0 amide bonds. The molecule has 0 N–H and O–H groups in total. The quantitative estimate of drug-likeness (QED) is 0.0975. The summed E-state index contributed by atoms with van der Waals surface area (Å²) in [5.74, 6) is 1.40. The van der Waals surface area contributed by atoms with Gasteiger partial charge in [-0.05, 0) is 68.1 Å². The van der Waals surface area contributed by atoms with Gasteiger partial charge in [0.15, 0.2) is 0 Å². The van der Waals surface area contributed by atoms with E-state index in [1.165, 1.54) is 31.2 Å². The van der Waals surface area contributed by atoms with E-state index in [1.807, 2.05) is 48.5 Å². The Morgan fingerprint density at radius 1 is 0.927 bits per heavy atom. The van der Waals surface area contributed by atoms with E-state index in [4.69, 9.17) is 25.9 Å². The number of hydrogen-bond donors (Lipinski definition) is 0. The SMILES string of the molecule is CCCCCC[C@@H](CN1CCC(COc2cccc(/C(=N/OC)c3ccc(Cl)cc3)c2)CC1)OCc1ccccc1. The lowest BCUT2D eigenvalue weighted by molar-refractivity contribution is 0.000484. The Kier molecular flexibility index (Phi) is 13.0. The van der Waals surface area contributed by atoms with Gasteiger partial charge in [0.05, 0.1) is 19.3 Å². The van der Waals surface area contributed by atoms with Gasteiger partial charge in [0, 0.05) is 22.7 Å². The average Bonchev–Trinajstić information content (AvgIpc) is 3.01. The second-order valence-electron chi connectivity index (χ2n) is 11.0. The van der Waals surface area contributed by atoms with E-state index in [2.05, 4.69) is 47.3 Å². The number of piperidine rings is 1. The topological polar surface area (TPSA) is 43.3 Å². The van der Waals surface area contributed by atoms with Crippen LogP contribution in [-0.4, -0.2) is 50.1 Å². The van der Waals surface area contributed by atoms with Gasteiger partial charge in [0.2, 0.25) is 0 Å². The van der Waals surface area contributed by atoms with Crippen LogP contribution in [0, 0.1) is 5.92 Å². The maximum absolute atomic E-state index is 6.44. The fourth-order valence-corrected chi connectivity index (χ4v) is 5.48. The summed E-state index contributed by atoms with van der Waals surface area (Å²) >= 11 is 6.08. The first-order valence-electron chi connectivity index (χ1n) is 15.1. The minimum absolute atomic E-state index is 0.284. The van der Waals surface area contributed by atoms with Gasteiger partial charge in [-0.15, -0.1) is 0 Å². The van der Waals surface area contributed by atoms with Gasteiger partial charge in [-0.25, -0.2) is 0 Å². The Labute approximate surface area is 251 Å². The molecule has 0 spiro atoms. The molecule has 41 heavy (non-hydrogen) atoms. The lowest BCUT2D eigenvalue weighted by Crippen LogP contribution is -2.40. The molecular weight excluding hydrogens is 532 g/mol. The first kappa shape index (κ1) is 31.1. The molecule has 0 saturated carbocycles. The lowest BCUT2D eigenvalue weighted by Gasteiger charge is -2.34. The zero-order valence-electron chi connectivity index (χ0n) is 24.6. The average molecular weight is 577 g/mol. The Hall–Kier alpha value is -2.86. The number of benzene rings is 3. The van der Waals surface area contributed by atoms with E-state index in [0.29, 0.717) is 17.5 Å². The van der Waals surface area contributed by atoms with Gasteiger partial charge in [-0.2, -0.15) is 0 Å². The highest BCUT2D eigenvalue weighted by atomic mass is 35.5. The third-order valence-electron chi connectivity index (χ3n) is 7.77. The molecule has 3 aromatic carbocycles. The fourth-order valence-electron chi connectivity index (χ4n) is 5.36. The fraction of sp³-hybridized carbons (Fsp3) is 0.457. The van der Waals surface area contributed by atoms with E-state index >= 15 is 0 Å². The summed E-state index contributed by atoms with van der Waals surface area (Å²) in [5.41, 5.74) is 3.89. The van der Waals surface area contributed by atoms with E-state index < -0.39 is 0 Å². The molecule has 0 aliphatic carbocycles. The molecule has 220 valence electrons. The maximum Gasteiger partial charge on any atom is 0.119 e. The zero-order valence-corrected chi connectivity index (χ0v) is 25.4. The normalized spacial score (nSPS) is 15.5. The molecule has 0 unspecified atom stereocenters. The molecule has 0 aromatic heterocycles. The van der Waals surface area contributed by atoms with Gasteiger partial charge in [0.25, 0.3) is 0 Å². The van der Waals surface area contributed by atoms with Crippen molar-refractivity contribution in [2.45, 2.75) is 64.6 Å². The van der Waals surface area contributed by atoms with Crippen LogP contribution in [0.3, 0.4) is 0 Å². The molecule has 5 nitrogen and oxygen atoms in total. The summed E-state index contributed by atoms with van der Waals surface area (Å²) in [6.07, 6.45) is 8.81. The minimum Gasteiger partial charge on any atom is -0.493 e. The van der Waals surface area contributed by atoms with Crippen molar-refractivity contribution in [3.8, 4) is 5.75 Å². The van der Waals surface area contributed by atoms with Gasteiger partial charge in [-0.3, -0.25) is 0 Å². The monoisotopic (exact) mass is 576 g/mol. The summed E-state index contributed by atoms with van der Waals surface area (Å²) in [5, 5.41) is 4.97. The Bertz CT molecular complexity index is 1180.